The number of nitrogens with two attached hydrogens (primary N) is 1. The van der Waals surface area contributed by atoms with E-state index in [4.69, 9.17) is 11.3 Å². The summed E-state index contributed by atoms with van der Waals surface area (Å²) in [6.07, 6.45) is 3.37. The van der Waals surface area contributed by atoms with Crippen LogP contribution in [0.15, 0.2) is 70.7 Å². The Hall–Kier alpha value is -3.67. The van der Waals surface area contributed by atoms with Gasteiger partial charge in [0, 0.05) is 30.2 Å². The molecule has 0 saturated carbocycles. The van der Waals surface area contributed by atoms with E-state index in [1.165, 1.54) is 24.3 Å². The first-order chi connectivity index (χ1) is 18.1. The molecule has 0 aliphatic carbocycles. The van der Waals surface area contributed by atoms with E-state index in [1.54, 1.807) is 12.1 Å². The first-order valence-corrected chi connectivity index (χ1v) is 14.0. The third-order valence-corrected chi connectivity index (χ3v) is 7.29. The Morgan fingerprint density at radius 1 is 1.00 bits per heavy atom. The normalized spacial score (nSPS) is 12.1. The molecule has 204 valence electrons. The summed E-state index contributed by atoms with van der Waals surface area (Å²) in [6.45, 7) is 5.97. The van der Waals surface area contributed by atoms with Gasteiger partial charge in [-0.25, -0.2) is 5.53 Å². The summed E-state index contributed by atoms with van der Waals surface area (Å²) < 4.78 is 31.7. The topological polar surface area (TPSA) is 164 Å². The van der Waals surface area contributed by atoms with Crippen LogP contribution in [0.1, 0.15) is 33.1 Å². The van der Waals surface area contributed by atoms with Gasteiger partial charge in [-0.2, -0.15) is 13.5 Å². The summed E-state index contributed by atoms with van der Waals surface area (Å²) in [7, 11) is -4.28. The third kappa shape index (κ3) is 7.91. The largest absolute Gasteiger partial charge is 0.397 e. The monoisotopic (exact) mass is 540 g/mol. The van der Waals surface area contributed by atoms with Crippen LogP contribution in [0.2, 0.25) is 0 Å². The molecule has 0 radical (unpaired) electrons. The zero-order chi connectivity index (χ0) is 27.7. The van der Waals surface area contributed by atoms with Crippen LogP contribution in [0.25, 0.3) is 0 Å². The molecule has 11 heteroatoms. The quantitative estimate of drug-likeness (QED) is 0.0788. The van der Waals surface area contributed by atoms with Gasteiger partial charge in [0.2, 0.25) is 0 Å². The lowest BCUT2D eigenvalue weighted by Crippen LogP contribution is -2.28. The molecular formula is C27H36N6O4S. The van der Waals surface area contributed by atoms with Gasteiger partial charge >= 0.3 is 0 Å². The molecule has 0 amide bonds. The van der Waals surface area contributed by atoms with Gasteiger partial charge in [0.25, 0.3) is 10.1 Å². The number of aliphatic hydroxyl groups excluding tert-OH is 1. The molecule has 7 N–H and O–H groups in total. The van der Waals surface area contributed by atoms with Crippen LogP contribution in [0.4, 0.5) is 39.8 Å². The van der Waals surface area contributed by atoms with E-state index >= 15 is 0 Å². The minimum Gasteiger partial charge on any atom is -0.397 e. The molecule has 1 unspecified atom stereocenters. The molecule has 0 heterocycles. The van der Waals surface area contributed by atoms with Crippen LogP contribution in [-0.4, -0.2) is 37.8 Å². The number of nitrogens with one attached hydrogen (secondary N) is 3. The molecule has 0 aliphatic heterocycles. The Balaban J connectivity index is 1.76. The number of anilines is 6. The molecule has 0 aromatic heterocycles. The molecule has 3 aromatic carbocycles. The van der Waals surface area contributed by atoms with Gasteiger partial charge in [-0.3, -0.25) is 4.55 Å². The molecule has 0 fully saturated rings. The van der Waals surface area contributed by atoms with Gasteiger partial charge in [-0.1, -0.05) is 20.3 Å². The fraction of sp³-hybridized carbons (Fsp3) is 0.333. The van der Waals surface area contributed by atoms with E-state index in [9.17, 15) is 18.1 Å². The molecule has 3 rings (SSSR count). The summed E-state index contributed by atoms with van der Waals surface area (Å²) in [6, 6.07) is 16.7. The van der Waals surface area contributed by atoms with E-state index < -0.39 is 10.1 Å². The van der Waals surface area contributed by atoms with Crippen molar-refractivity contribution in [1.29, 1.82) is 5.53 Å². The molecule has 38 heavy (non-hydrogen) atoms. The minimum absolute atomic E-state index is 0.0808. The SMILES string of the molecule is CCC(C)CCCN(CCO)c1ccc(Nc2cc(Nc3ccc(S(=O)(=O)O)cc3)c(N)cc2N=N)cc1. The molecule has 0 spiro atoms. The highest BCUT2D eigenvalue weighted by Crippen LogP contribution is 2.37. The van der Waals surface area contributed by atoms with E-state index in [-0.39, 0.29) is 11.5 Å². The van der Waals surface area contributed by atoms with E-state index in [0.717, 1.165) is 37.2 Å². The van der Waals surface area contributed by atoms with Gasteiger partial charge in [0.15, 0.2) is 0 Å². The van der Waals surface area contributed by atoms with Crippen molar-refractivity contribution in [3.8, 4) is 0 Å². The highest BCUT2D eigenvalue weighted by Gasteiger charge is 2.12. The maximum Gasteiger partial charge on any atom is 0.294 e. The number of benzene rings is 3. The summed E-state index contributed by atoms with van der Waals surface area (Å²) >= 11 is 0. The Morgan fingerprint density at radius 3 is 2.16 bits per heavy atom. The first kappa shape index (κ1) is 28.9. The van der Waals surface area contributed by atoms with Crippen LogP contribution >= 0.6 is 0 Å². The van der Waals surface area contributed by atoms with Crippen molar-refractivity contribution >= 4 is 49.9 Å². The van der Waals surface area contributed by atoms with Crippen LogP contribution in [-0.2, 0) is 10.1 Å². The number of hydrogen-bond donors (Lipinski definition) is 6. The van der Waals surface area contributed by atoms with Crippen molar-refractivity contribution in [3.05, 3.63) is 60.7 Å². The predicted octanol–water partition coefficient (Wildman–Crippen LogP) is 6.29. The van der Waals surface area contributed by atoms with E-state index in [2.05, 4.69) is 34.5 Å². The number of hydrogen-bond acceptors (Lipinski definition) is 9. The average molecular weight is 541 g/mol. The number of nitrogens with zero attached hydrogens (tertiary/aromatic N) is 2. The molecule has 1 atom stereocenters. The lowest BCUT2D eigenvalue weighted by molar-refractivity contribution is 0.301. The fourth-order valence-electron chi connectivity index (χ4n) is 4.01. The van der Waals surface area contributed by atoms with Gasteiger partial charge in [-0.15, -0.1) is 0 Å². The van der Waals surface area contributed by atoms with Crippen molar-refractivity contribution in [2.45, 2.75) is 38.0 Å². The Bertz CT molecular complexity index is 1310. The smallest absolute Gasteiger partial charge is 0.294 e. The maximum atomic E-state index is 11.3. The number of rotatable bonds is 14. The first-order valence-electron chi connectivity index (χ1n) is 12.5. The Labute approximate surface area is 224 Å². The lowest BCUT2D eigenvalue weighted by Gasteiger charge is -2.25. The van der Waals surface area contributed by atoms with Crippen LogP contribution in [0.5, 0.6) is 0 Å². The van der Waals surface area contributed by atoms with Crippen molar-refractivity contribution < 1.29 is 18.1 Å². The summed E-state index contributed by atoms with van der Waals surface area (Å²) in [5, 5.41) is 19.5. The molecule has 10 nitrogen and oxygen atoms in total. The summed E-state index contributed by atoms with van der Waals surface area (Å²) in [5.41, 5.74) is 17.9. The molecule has 0 saturated heterocycles. The molecular weight excluding hydrogens is 504 g/mol. The Morgan fingerprint density at radius 2 is 1.61 bits per heavy atom. The van der Waals surface area contributed by atoms with Crippen molar-refractivity contribution in [2.24, 2.45) is 11.0 Å². The van der Waals surface area contributed by atoms with Gasteiger partial charge in [0.1, 0.15) is 5.69 Å². The van der Waals surface area contributed by atoms with Gasteiger partial charge in [-0.05, 0) is 79.4 Å². The highest BCUT2D eigenvalue weighted by atomic mass is 32.2. The van der Waals surface area contributed by atoms with Crippen molar-refractivity contribution in [2.75, 3.05) is 41.0 Å². The number of aliphatic hydroxyl groups is 1. The summed E-state index contributed by atoms with van der Waals surface area (Å²) in [5.74, 6) is 0.685. The van der Waals surface area contributed by atoms with Crippen LogP contribution in [0.3, 0.4) is 0 Å². The van der Waals surface area contributed by atoms with Gasteiger partial charge in [0.05, 0.1) is 28.6 Å². The standard InChI is InChI=1S/C27H36N6O4S/c1-3-19(2)5-4-14-33(15-16-34)22-10-6-20(7-11-22)31-26-18-25(24(28)17-27(26)32-29)30-21-8-12-23(13-9-21)38(35,36)37/h6-13,17-19,29-31,34H,3-5,14-16,28H2,1-2H3,(H,35,36,37). The third-order valence-electron chi connectivity index (χ3n) is 6.42. The van der Waals surface area contributed by atoms with Crippen LogP contribution < -0.4 is 21.3 Å². The fourth-order valence-corrected chi connectivity index (χ4v) is 4.49. The van der Waals surface area contributed by atoms with Crippen LogP contribution in [0, 0.1) is 11.4 Å². The molecule has 3 aromatic rings. The second kappa shape index (κ2) is 13.2. The summed E-state index contributed by atoms with van der Waals surface area (Å²) in [4.78, 5) is 1.97. The van der Waals surface area contributed by atoms with Crippen molar-refractivity contribution in [3.63, 3.8) is 0 Å². The average Bonchev–Trinajstić information content (AvgIpc) is 2.90. The maximum absolute atomic E-state index is 11.3. The van der Waals surface area contributed by atoms with E-state index in [1.807, 2.05) is 24.3 Å². The highest BCUT2D eigenvalue weighted by molar-refractivity contribution is 7.85. The zero-order valence-electron chi connectivity index (χ0n) is 21.7. The minimum atomic E-state index is -4.28. The lowest BCUT2D eigenvalue weighted by atomic mass is 10.0. The second-order valence-electron chi connectivity index (χ2n) is 9.23. The van der Waals surface area contributed by atoms with Gasteiger partial charge < -0.3 is 26.4 Å². The molecule has 0 bridgehead atoms. The second-order valence-corrected chi connectivity index (χ2v) is 10.7. The number of nitrogen functional groups attached to an aromatic ring is 1. The predicted molar refractivity (Wildman–Crippen MR) is 153 cm³/mol. The van der Waals surface area contributed by atoms with Crippen molar-refractivity contribution in [1.82, 2.24) is 0 Å². The zero-order valence-corrected chi connectivity index (χ0v) is 22.5. The van der Waals surface area contributed by atoms with E-state index in [0.29, 0.717) is 40.9 Å². The molecule has 0 aliphatic rings. The Kier molecular flexibility index (Phi) is 10.1.